The zero-order valence-electron chi connectivity index (χ0n) is 15.6. The number of alkyl halides is 3. The number of ether oxygens (including phenoxy) is 1. The first-order valence-electron chi connectivity index (χ1n) is 8.43. The van der Waals surface area contributed by atoms with Crippen LogP contribution in [0.3, 0.4) is 0 Å². The van der Waals surface area contributed by atoms with E-state index in [-0.39, 0.29) is 12.0 Å². The maximum atomic E-state index is 12.6. The molecule has 0 aliphatic heterocycles. The first kappa shape index (κ1) is 23.3. The van der Waals surface area contributed by atoms with E-state index in [0.29, 0.717) is 16.2 Å². The van der Waals surface area contributed by atoms with Gasteiger partial charge in [0, 0.05) is 19.4 Å². The van der Waals surface area contributed by atoms with E-state index < -0.39 is 31.3 Å². The van der Waals surface area contributed by atoms with Crippen molar-refractivity contribution in [2.75, 3.05) is 12.2 Å². The predicted octanol–water partition coefficient (Wildman–Crippen LogP) is 5.04. The van der Waals surface area contributed by atoms with E-state index in [1.54, 1.807) is 19.1 Å². The lowest BCUT2D eigenvalue weighted by Gasteiger charge is -2.15. The second-order valence-corrected chi connectivity index (χ2v) is 10.2. The Hall–Kier alpha value is -2.03. The quantitative estimate of drug-likeness (QED) is 0.456. The molecule has 2 rings (SSSR count). The van der Waals surface area contributed by atoms with Crippen LogP contribution in [0.15, 0.2) is 47.6 Å². The molecule has 2 atom stereocenters. The SMILES string of the molecule is C[C@H](OC(=O)NCc1ccnc(SCP(C)(=O)O)c1)c1ccc(C(F)(F)F)cc1. The van der Waals surface area contributed by atoms with E-state index in [1.807, 2.05) is 0 Å². The Balaban J connectivity index is 1.87. The number of aromatic nitrogens is 1. The molecule has 2 N–H and O–H groups in total. The van der Waals surface area contributed by atoms with E-state index in [9.17, 15) is 27.4 Å². The molecule has 11 heteroatoms. The summed E-state index contributed by atoms with van der Waals surface area (Å²) in [5.41, 5.74) is 0.406. The molecule has 0 radical (unpaired) electrons. The van der Waals surface area contributed by atoms with Gasteiger partial charge < -0.3 is 14.9 Å². The molecule has 1 aromatic heterocycles. The predicted molar refractivity (Wildman–Crippen MR) is 104 cm³/mol. The zero-order chi connectivity index (χ0) is 21.7. The van der Waals surface area contributed by atoms with Crippen LogP contribution >= 0.6 is 19.1 Å². The minimum Gasteiger partial charge on any atom is -0.442 e. The van der Waals surface area contributed by atoms with Gasteiger partial charge in [-0.1, -0.05) is 23.9 Å². The molecule has 158 valence electrons. The van der Waals surface area contributed by atoms with Gasteiger partial charge >= 0.3 is 12.3 Å². The summed E-state index contributed by atoms with van der Waals surface area (Å²) in [6.07, 6.45) is -4.36. The fourth-order valence-electron chi connectivity index (χ4n) is 2.21. The third-order valence-corrected chi connectivity index (χ3v) is 6.63. The summed E-state index contributed by atoms with van der Waals surface area (Å²) < 4.78 is 54.3. The average molecular weight is 448 g/mol. The number of rotatable bonds is 7. The summed E-state index contributed by atoms with van der Waals surface area (Å²) >= 11 is 1.14. The van der Waals surface area contributed by atoms with Gasteiger partial charge in [-0.05, 0) is 42.3 Å². The van der Waals surface area contributed by atoms with Gasteiger partial charge in [-0.2, -0.15) is 13.2 Å². The lowest BCUT2D eigenvalue weighted by atomic mass is 10.1. The third kappa shape index (κ3) is 8.08. The standard InChI is InChI=1S/C18H20F3N2O4PS/c1-12(14-3-5-15(6-4-14)18(19,20)21)27-17(24)23-10-13-7-8-22-16(9-13)29-11-28(2,25)26/h3-9,12H,10-11H2,1-2H3,(H,23,24)(H,25,26)/t12-/m0/s1. The lowest BCUT2D eigenvalue weighted by Crippen LogP contribution is -2.25. The van der Waals surface area contributed by atoms with Crippen LogP contribution in [0, 0.1) is 0 Å². The number of halogens is 3. The van der Waals surface area contributed by atoms with E-state index in [1.165, 1.54) is 25.0 Å². The Labute approximate surface area is 170 Å². The smallest absolute Gasteiger partial charge is 0.416 e. The Morgan fingerprint density at radius 2 is 1.97 bits per heavy atom. The molecule has 0 bridgehead atoms. The van der Waals surface area contributed by atoms with Crippen molar-refractivity contribution in [3.8, 4) is 0 Å². The number of benzene rings is 1. The Kier molecular flexibility index (Phi) is 7.73. The maximum Gasteiger partial charge on any atom is 0.416 e. The summed E-state index contributed by atoms with van der Waals surface area (Å²) in [4.78, 5) is 25.4. The van der Waals surface area contributed by atoms with Crippen LogP contribution in [0.25, 0.3) is 0 Å². The van der Waals surface area contributed by atoms with Crippen LogP contribution in [0.2, 0.25) is 0 Å². The van der Waals surface area contributed by atoms with Gasteiger partial charge in [-0.3, -0.25) is 4.57 Å². The molecule has 0 aliphatic carbocycles. The fraction of sp³-hybridized carbons (Fsp3) is 0.333. The van der Waals surface area contributed by atoms with Crippen LogP contribution in [0.4, 0.5) is 18.0 Å². The number of thioether (sulfide) groups is 1. The van der Waals surface area contributed by atoms with Crippen LogP contribution in [-0.2, 0) is 22.0 Å². The molecule has 1 heterocycles. The van der Waals surface area contributed by atoms with Crippen molar-refractivity contribution in [2.45, 2.75) is 30.8 Å². The molecule has 1 aromatic carbocycles. The van der Waals surface area contributed by atoms with Crippen molar-refractivity contribution in [3.63, 3.8) is 0 Å². The maximum absolute atomic E-state index is 12.6. The van der Waals surface area contributed by atoms with Crippen LogP contribution in [0.1, 0.15) is 29.7 Å². The van der Waals surface area contributed by atoms with Crippen LogP contribution in [-0.4, -0.2) is 28.1 Å². The van der Waals surface area contributed by atoms with E-state index >= 15 is 0 Å². The summed E-state index contributed by atoms with van der Waals surface area (Å²) in [6.45, 7) is 2.96. The lowest BCUT2D eigenvalue weighted by molar-refractivity contribution is -0.137. The molecule has 29 heavy (non-hydrogen) atoms. The van der Waals surface area contributed by atoms with Crippen molar-refractivity contribution < 1.29 is 32.2 Å². The molecule has 2 aromatic rings. The molecule has 0 saturated carbocycles. The number of pyridine rings is 1. The minimum absolute atomic E-state index is 0.0313. The van der Waals surface area contributed by atoms with Gasteiger partial charge in [-0.25, -0.2) is 9.78 Å². The molecule has 0 aliphatic rings. The van der Waals surface area contributed by atoms with Gasteiger partial charge in [0.05, 0.1) is 16.1 Å². The zero-order valence-corrected chi connectivity index (χ0v) is 17.4. The number of amides is 1. The normalized spacial score (nSPS) is 14.7. The van der Waals surface area contributed by atoms with Crippen molar-refractivity contribution >= 4 is 25.2 Å². The number of hydrogen-bond donors (Lipinski definition) is 2. The average Bonchev–Trinajstić information content (AvgIpc) is 2.64. The highest BCUT2D eigenvalue weighted by atomic mass is 32.2. The Morgan fingerprint density at radius 1 is 1.31 bits per heavy atom. The van der Waals surface area contributed by atoms with E-state index in [0.717, 1.165) is 23.9 Å². The molecular formula is C18H20F3N2O4PS. The van der Waals surface area contributed by atoms with Crippen LogP contribution < -0.4 is 5.32 Å². The first-order chi connectivity index (χ1) is 13.4. The Morgan fingerprint density at radius 3 is 2.55 bits per heavy atom. The number of nitrogens with zero attached hydrogens (tertiary/aromatic N) is 1. The summed E-state index contributed by atoms with van der Waals surface area (Å²) in [5.74, 6) is 0. The summed E-state index contributed by atoms with van der Waals surface area (Å²) in [7, 11) is -3.16. The van der Waals surface area contributed by atoms with Crippen molar-refractivity contribution in [1.29, 1.82) is 0 Å². The molecule has 0 spiro atoms. The second-order valence-electron chi connectivity index (χ2n) is 6.35. The number of carbonyl (C=O) groups is 1. The Bertz CT molecular complexity index is 887. The monoisotopic (exact) mass is 448 g/mol. The van der Waals surface area contributed by atoms with Gasteiger partial charge in [0.25, 0.3) is 0 Å². The number of carbonyl (C=O) groups excluding carboxylic acids is 1. The number of alkyl carbamates (subject to hydrolysis) is 1. The fourth-order valence-corrected chi connectivity index (χ4v) is 4.07. The third-order valence-electron chi connectivity index (χ3n) is 3.68. The van der Waals surface area contributed by atoms with E-state index in [2.05, 4.69) is 10.3 Å². The second kappa shape index (κ2) is 9.65. The van der Waals surface area contributed by atoms with Crippen LogP contribution in [0.5, 0.6) is 0 Å². The number of nitrogens with one attached hydrogen (secondary N) is 1. The molecule has 0 fully saturated rings. The highest BCUT2D eigenvalue weighted by molar-refractivity contribution is 8.04. The highest BCUT2D eigenvalue weighted by Crippen LogP contribution is 2.41. The van der Waals surface area contributed by atoms with Crippen molar-refractivity contribution in [3.05, 3.63) is 59.3 Å². The summed E-state index contributed by atoms with van der Waals surface area (Å²) in [6, 6.07) is 7.76. The topological polar surface area (TPSA) is 88.5 Å². The van der Waals surface area contributed by atoms with E-state index in [4.69, 9.17) is 4.74 Å². The molecule has 1 amide bonds. The molecule has 6 nitrogen and oxygen atoms in total. The van der Waals surface area contributed by atoms with Gasteiger partial charge in [0.1, 0.15) is 6.10 Å². The first-order valence-corrected chi connectivity index (χ1v) is 11.7. The number of hydrogen-bond acceptors (Lipinski definition) is 5. The molecular weight excluding hydrogens is 428 g/mol. The molecule has 0 saturated heterocycles. The van der Waals surface area contributed by atoms with Gasteiger partial charge in [-0.15, -0.1) is 0 Å². The minimum atomic E-state index is -4.42. The summed E-state index contributed by atoms with van der Waals surface area (Å²) in [5, 5.41) is 3.10. The van der Waals surface area contributed by atoms with Crippen molar-refractivity contribution in [1.82, 2.24) is 10.3 Å². The van der Waals surface area contributed by atoms with Gasteiger partial charge in [0.15, 0.2) is 0 Å². The highest BCUT2D eigenvalue weighted by Gasteiger charge is 2.30. The van der Waals surface area contributed by atoms with Gasteiger partial charge in [0.2, 0.25) is 7.37 Å². The van der Waals surface area contributed by atoms with Crippen molar-refractivity contribution in [2.24, 2.45) is 0 Å². The molecule has 1 unspecified atom stereocenters. The largest absolute Gasteiger partial charge is 0.442 e.